The standard InChI is InChI=1S/C17H15ClFNO5S/c1-20(26(2,23)24)13-6-3-11(4-7-13)16(21)10-25-17(22)14-8-5-12(18)9-15(14)19/h3-9H,10H2,1-2H3. The lowest BCUT2D eigenvalue weighted by atomic mass is 10.1. The zero-order chi connectivity index (χ0) is 19.5. The molecule has 0 spiro atoms. The minimum absolute atomic E-state index is 0.134. The Kier molecular flexibility index (Phi) is 5.99. The van der Waals surface area contributed by atoms with Gasteiger partial charge in [-0.05, 0) is 42.5 Å². The van der Waals surface area contributed by atoms with E-state index in [4.69, 9.17) is 16.3 Å². The summed E-state index contributed by atoms with van der Waals surface area (Å²) >= 11 is 5.60. The highest BCUT2D eigenvalue weighted by Gasteiger charge is 2.17. The number of nitrogens with zero attached hydrogens (tertiary/aromatic N) is 1. The predicted octanol–water partition coefficient (Wildman–Crippen LogP) is 2.91. The number of hydrogen-bond acceptors (Lipinski definition) is 5. The summed E-state index contributed by atoms with van der Waals surface area (Å²) in [7, 11) is -2.03. The first-order chi connectivity index (χ1) is 12.1. The summed E-state index contributed by atoms with van der Waals surface area (Å²) in [6.07, 6.45) is 1.06. The predicted molar refractivity (Wildman–Crippen MR) is 95.7 cm³/mol. The summed E-state index contributed by atoms with van der Waals surface area (Å²) in [5.74, 6) is -2.34. The molecule has 0 fully saturated rings. The van der Waals surface area contributed by atoms with Gasteiger partial charge in [0.05, 0.1) is 17.5 Å². The molecular weight excluding hydrogens is 385 g/mol. The molecule has 0 amide bonds. The van der Waals surface area contributed by atoms with E-state index >= 15 is 0 Å². The number of rotatable bonds is 6. The number of carbonyl (C=O) groups is 2. The van der Waals surface area contributed by atoms with Gasteiger partial charge >= 0.3 is 5.97 Å². The van der Waals surface area contributed by atoms with Gasteiger partial charge in [0.25, 0.3) is 0 Å². The van der Waals surface area contributed by atoms with Gasteiger partial charge in [0, 0.05) is 17.6 Å². The van der Waals surface area contributed by atoms with E-state index in [1.807, 2.05) is 0 Å². The molecule has 0 aromatic heterocycles. The minimum Gasteiger partial charge on any atom is -0.454 e. The van der Waals surface area contributed by atoms with Gasteiger partial charge in [-0.15, -0.1) is 0 Å². The second kappa shape index (κ2) is 7.84. The van der Waals surface area contributed by atoms with Crippen LogP contribution in [0, 0.1) is 5.82 Å². The molecule has 0 aliphatic carbocycles. The molecule has 0 saturated heterocycles. The molecule has 0 aliphatic rings. The van der Waals surface area contributed by atoms with Crippen LogP contribution in [0.2, 0.25) is 5.02 Å². The van der Waals surface area contributed by atoms with E-state index in [-0.39, 0.29) is 16.1 Å². The fourth-order valence-corrected chi connectivity index (χ4v) is 2.66. The normalized spacial score (nSPS) is 11.1. The van der Waals surface area contributed by atoms with Crippen molar-refractivity contribution < 1.29 is 27.1 Å². The highest BCUT2D eigenvalue weighted by Crippen LogP contribution is 2.18. The van der Waals surface area contributed by atoms with Crippen LogP contribution in [0.5, 0.6) is 0 Å². The van der Waals surface area contributed by atoms with Gasteiger partial charge in [0.2, 0.25) is 10.0 Å². The summed E-state index contributed by atoms with van der Waals surface area (Å²) in [5, 5.41) is 0.134. The van der Waals surface area contributed by atoms with Gasteiger partial charge in [-0.2, -0.15) is 0 Å². The van der Waals surface area contributed by atoms with Crippen LogP contribution in [0.25, 0.3) is 0 Å². The molecule has 2 aromatic carbocycles. The Morgan fingerprint density at radius 2 is 1.77 bits per heavy atom. The van der Waals surface area contributed by atoms with Gasteiger partial charge in [-0.3, -0.25) is 9.10 Å². The molecule has 0 radical (unpaired) electrons. The van der Waals surface area contributed by atoms with Crippen molar-refractivity contribution in [1.29, 1.82) is 0 Å². The summed E-state index contributed by atoms with van der Waals surface area (Å²) in [6.45, 7) is -0.581. The third-order valence-corrected chi connectivity index (χ3v) is 4.98. The van der Waals surface area contributed by atoms with Crippen LogP contribution >= 0.6 is 11.6 Å². The van der Waals surface area contributed by atoms with Gasteiger partial charge < -0.3 is 4.74 Å². The third kappa shape index (κ3) is 4.80. The topological polar surface area (TPSA) is 80.8 Å². The fourth-order valence-electron chi connectivity index (χ4n) is 2.00. The van der Waals surface area contributed by atoms with E-state index < -0.39 is 34.2 Å². The van der Waals surface area contributed by atoms with Crippen molar-refractivity contribution >= 4 is 39.1 Å². The molecule has 0 bridgehead atoms. The average molecular weight is 400 g/mol. The van der Waals surface area contributed by atoms with Crippen LogP contribution < -0.4 is 4.31 Å². The van der Waals surface area contributed by atoms with Gasteiger partial charge in [0.15, 0.2) is 12.4 Å². The van der Waals surface area contributed by atoms with Crippen LogP contribution in [0.4, 0.5) is 10.1 Å². The lowest BCUT2D eigenvalue weighted by Crippen LogP contribution is -2.24. The maximum absolute atomic E-state index is 13.6. The number of Topliss-reactive ketones (excluding diaryl/α,β-unsaturated/α-hetero) is 1. The molecule has 0 aliphatic heterocycles. The van der Waals surface area contributed by atoms with Crippen molar-refractivity contribution in [1.82, 2.24) is 0 Å². The molecule has 0 heterocycles. The number of ether oxygens (including phenoxy) is 1. The maximum Gasteiger partial charge on any atom is 0.341 e. The van der Waals surface area contributed by atoms with E-state index in [1.165, 1.54) is 43.4 Å². The number of hydrogen-bond donors (Lipinski definition) is 0. The number of carbonyl (C=O) groups excluding carboxylic acids is 2. The van der Waals surface area contributed by atoms with Gasteiger partial charge in [-0.25, -0.2) is 17.6 Å². The molecule has 2 rings (SSSR count). The van der Waals surface area contributed by atoms with Gasteiger partial charge in [-0.1, -0.05) is 11.6 Å². The molecular formula is C17H15ClFNO5S. The molecule has 6 nitrogen and oxygen atoms in total. The highest BCUT2D eigenvalue weighted by molar-refractivity contribution is 7.92. The Balaban J connectivity index is 2.03. The van der Waals surface area contributed by atoms with Crippen molar-refractivity contribution in [2.45, 2.75) is 0 Å². The van der Waals surface area contributed by atoms with E-state index in [0.29, 0.717) is 5.69 Å². The lowest BCUT2D eigenvalue weighted by molar-refractivity contribution is 0.0470. The first-order valence-corrected chi connectivity index (χ1v) is 9.51. The summed E-state index contributed by atoms with van der Waals surface area (Å²) in [5.41, 5.74) is 0.275. The monoisotopic (exact) mass is 399 g/mol. The van der Waals surface area contributed by atoms with Crippen LogP contribution in [0.15, 0.2) is 42.5 Å². The Morgan fingerprint density at radius 1 is 1.15 bits per heavy atom. The van der Waals surface area contributed by atoms with Gasteiger partial charge in [0.1, 0.15) is 5.82 Å². The molecule has 2 aromatic rings. The zero-order valence-corrected chi connectivity index (χ0v) is 15.5. The molecule has 9 heteroatoms. The minimum atomic E-state index is -3.41. The molecule has 138 valence electrons. The van der Waals surface area contributed by atoms with Crippen LogP contribution in [-0.2, 0) is 14.8 Å². The van der Waals surface area contributed by atoms with Crippen molar-refractivity contribution in [2.75, 3.05) is 24.2 Å². The summed E-state index contributed by atoms with van der Waals surface area (Å²) < 4.78 is 42.5. The van der Waals surface area contributed by atoms with E-state index in [0.717, 1.165) is 16.6 Å². The molecule has 0 N–H and O–H groups in total. The molecule has 0 unspecified atom stereocenters. The Labute approximate surface area is 155 Å². The van der Waals surface area contributed by atoms with Crippen molar-refractivity contribution in [3.8, 4) is 0 Å². The van der Waals surface area contributed by atoms with E-state index in [1.54, 1.807) is 0 Å². The molecule has 26 heavy (non-hydrogen) atoms. The average Bonchev–Trinajstić information content (AvgIpc) is 2.58. The first kappa shape index (κ1) is 19.9. The molecule has 0 saturated carbocycles. The van der Waals surface area contributed by atoms with E-state index in [9.17, 15) is 22.4 Å². The molecule has 0 atom stereocenters. The zero-order valence-electron chi connectivity index (χ0n) is 13.9. The Hall–Kier alpha value is -2.45. The highest BCUT2D eigenvalue weighted by atomic mass is 35.5. The van der Waals surface area contributed by atoms with Crippen LogP contribution in [0.1, 0.15) is 20.7 Å². The number of anilines is 1. The second-order valence-corrected chi connectivity index (χ2v) is 7.85. The number of sulfonamides is 1. The lowest BCUT2D eigenvalue weighted by Gasteiger charge is -2.16. The first-order valence-electron chi connectivity index (χ1n) is 7.29. The SMILES string of the molecule is CN(c1ccc(C(=O)COC(=O)c2ccc(Cl)cc2F)cc1)S(C)(=O)=O. The summed E-state index contributed by atoms with van der Waals surface area (Å²) in [6, 6.07) is 9.20. The van der Waals surface area contributed by atoms with Crippen LogP contribution in [-0.4, -0.2) is 40.1 Å². The maximum atomic E-state index is 13.6. The van der Waals surface area contributed by atoms with Crippen molar-refractivity contribution in [3.63, 3.8) is 0 Å². The second-order valence-electron chi connectivity index (χ2n) is 5.40. The Morgan fingerprint density at radius 3 is 2.31 bits per heavy atom. The largest absolute Gasteiger partial charge is 0.454 e. The fraction of sp³-hybridized carbons (Fsp3) is 0.176. The number of esters is 1. The number of halogens is 2. The number of ketones is 1. The Bertz CT molecular complexity index is 944. The van der Waals surface area contributed by atoms with Crippen molar-refractivity contribution in [3.05, 3.63) is 64.4 Å². The smallest absolute Gasteiger partial charge is 0.341 e. The summed E-state index contributed by atoms with van der Waals surface area (Å²) in [4.78, 5) is 23.9. The number of benzene rings is 2. The third-order valence-electron chi connectivity index (χ3n) is 3.54. The van der Waals surface area contributed by atoms with Crippen LogP contribution in [0.3, 0.4) is 0 Å². The quantitative estimate of drug-likeness (QED) is 0.551. The van der Waals surface area contributed by atoms with Crippen molar-refractivity contribution in [2.24, 2.45) is 0 Å². The van der Waals surface area contributed by atoms with E-state index in [2.05, 4.69) is 0 Å².